The molecular formula is C23H21F7N6O3. The average Bonchev–Trinajstić information content (AvgIpc) is 3.40. The van der Waals surface area contributed by atoms with Crippen molar-refractivity contribution in [2.45, 2.75) is 44.0 Å². The lowest BCUT2D eigenvalue weighted by molar-refractivity contribution is -0.249. The van der Waals surface area contributed by atoms with Gasteiger partial charge in [0.15, 0.2) is 5.82 Å². The van der Waals surface area contributed by atoms with Crippen LogP contribution in [0.5, 0.6) is 0 Å². The number of likely N-dealkylation sites (tertiary alicyclic amines) is 1. The number of hydrogen-bond acceptors (Lipinski definition) is 6. The van der Waals surface area contributed by atoms with Crippen LogP contribution in [0.4, 0.5) is 36.6 Å². The highest BCUT2D eigenvalue weighted by Crippen LogP contribution is 2.39. The van der Waals surface area contributed by atoms with Crippen LogP contribution < -0.4 is 11.1 Å². The van der Waals surface area contributed by atoms with Crippen LogP contribution in [0.15, 0.2) is 30.6 Å². The molecule has 16 heteroatoms. The number of amides is 2. The summed E-state index contributed by atoms with van der Waals surface area (Å²) < 4.78 is 95.6. The predicted octanol–water partition coefficient (Wildman–Crippen LogP) is 2.90. The number of nitrogen functional groups attached to an aromatic ring is 1. The summed E-state index contributed by atoms with van der Waals surface area (Å²) in [5, 5.41) is 15.8. The molecule has 0 radical (unpaired) electrons. The van der Waals surface area contributed by atoms with E-state index < -0.39 is 72.0 Å². The van der Waals surface area contributed by atoms with Gasteiger partial charge in [-0.15, -0.1) is 0 Å². The molecule has 3 atom stereocenters. The molecule has 0 saturated carbocycles. The van der Waals surface area contributed by atoms with Gasteiger partial charge in [0.25, 0.3) is 11.8 Å². The lowest BCUT2D eigenvalue weighted by Crippen LogP contribution is -2.56. The fourth-order valence-electron chi connectivity index (χ4n) is 4.26. The Morgan fingerprint density at radius 3 is 2.41 bits per heavy atom. The Morgan fingerprint density at radius 1 is 1.13 bits per heavy atom. The molecule has 0 aliphatic carbocycles. The Hall–Kier alpha value is -3.95. The van der Waals surface area contributed by atoms with Crippen LogP contribution in [0, 0.1) is 6.92 Å². The zero-order chi connectivity index (χ0) is 29.1. The number of aryl methyl sites for hydroxylation is 1. The van der Waals surface area contributed by atoms with E-state index in [1.807, 2.05) is 0 Å². The number of aromatic nitrogens is 3. The van der Waals surface area contributed by atoms with Crippen LogP contribution in [-0.2, 0) is 11.0 Å². The highest BCUT2D eigenvalue weighted by Gasteiger charge is 2.58. The first-order chi connectivity index (χ1) is 17.9. The standard InChI is InChI=1S/C23H21F7N6O3/c1-10-3-4-11(16-6-13(22(25,26)27)17-18(31)32-9-33-36(16)17)5-12(10)19(37)34-15-8-35(7-14(15)24)20(38)21(2,39)23(28,29)30/h3-6,9,14-15,39H,7-8H2,1-2H3,(H,34,37)(H2,31,32,33)/t14-,15+,21+/m0/s1. The molecule has 2 amide bonds. The summed E-state index contributed by atoms with van der Waals surface area (Å²) in [4.78, 5) is 29.3. The molecule has 0 unspecified atom stereocenters. The summed E-state index contributed by atoms with van der Waals surface area (Å²) in [5.41, 5.74) is 0.640. The number of nitrogens with zero attached hydrogens (tertiary/aromatic N) is 4. The smallest absolute Gasteiger partial charge is 0.382 e. The van der Waals surface area contributed by atoms with Crippen molar-refractivity contribution in [1.82, 2.24) is 24.8 Å². The van der Waals surface area contributed by atoms with Crippen molar-refractivity contribution in [3.8, 4) is 11.3 Å². The molecule has 2 aromatic heterocycles. The number of halogens is 7. The van der Waals surface area contributed by atoms with Gasteiger partial charge >= 0.3 is 12.4 Å². The Balaban J connectivity index is 1.62. The van der Waals surface area contributed by atoms with Gasteiger partial charge in [-0.3, -0.25) is 9.59 Å². The van der Waals surface area contributed by atoms with Crippen LogP contribution in [0.1, 0.15) is 28.4 Å². The van der Waals surface area contributed by atoms with Crippen LogP contribution >= 0.6 is 0 Å². The number of nitrogens with one attached hydrogen (secondary N) is 1. The van der Waals surface area contributed by atoms with E-state index in [1.54, 1.807) is 0 Å². The van der Waals surface area contributed by atoms with Gasteiger partial charge in [0.05, 0.1) is 23.8 Å². The minimum atomic E-state index is -5.31. The van der Waals surface area contributed by atoms with Crippen molar-refractivity contribution in [2.75, 3.05) is 18.8 Å². The first kappa shape index (κ1) is 28.1. The molecule has 3 aromatic rings. The molecule has 210 valence electrons. The van der Waals surface area contributed by atoms with Gasteiger partial charge < -0.3 is 21.1 Å². The molecule has 39 heavy (non-hydrogen) atoms. The number of rotatable bonds is 4. The second-order valence-electron chi connectivity index (χ2n) is 9.25. The van der Waals surface area contributed by atoms with Crippen molar-refractivity contribution in [3.05, 3.63) is 47.3 Å². The van der Waals surface area contributed by atoms with E-state index in [2.05, 4.69) is 15.4 Å². The molecule has 1 saturated heterocycles. The van der Waals surface area contributed by atoms with Gasteiger partial charge in [-0.2, -0.15) is 31.4 Å². The zero-order valence-corrected chi connectivity index (χ0v) is 20.2. The molecule has 0 bridgehead atoms. The lowest BCUT2D eigenvalue weighted by Gasteiger charge is -2.29. The number of anilines is 1. The average molecular weight is 562 g/mol. The van der Waals surface area contributed by atoms with E-state index >= 15 is 0 Å². The maximum atomic E-state index is 14.6. The zero-order valence-electron chi connectivity index (χ0n) is 20.2. The van der Waals surface area contributed by atoms with Crippen molar-refractivity contribution in [1.29, 1.82) is 0 Å². The van der Waals surface area contributed by atoms with Crippen molar-refractivity contribution in [2.24, 2.45) is 0 Å². The SMILES string of the molecule is Cc1ccc(-c2cc(C(F)(F)F)c3c(N)ncnn23)cc1C(=O)N[C@@H]1CN(C(=O)[C@@](C)(O)C(F)(F)F)C[C@@H]1F. The molecule has 3 heterocycles. The van der Waals surface area contributed by atoms with Crippen LogP contribution in [0.2, 0.25) is 0 Å². The minimum absolute atomic E-state index is 0.0719. The van der Waals surface area contributed by atoms with E-state index in [4.69, 9.17) is 5.73 Å². The number of carbonyl (C=O) groups is 2. The van der Waals surface area contributed by atoms with Crippen LogP contribution in [0.3, 0.4) is 0 Å². The maximum Gasteiger partial charge on any atom is 0.426 e. The van der Waals surface area contributed by atoms with Crippen molar-refractivity contribution in [3.63, 3.8) is 0 Å². The maximum absolute atomic E-state index is 14.6. The second-order valence-corrected chi connectivity index (χ2v) is 9.25. The van der Waals surface area contributed by atoms with Crippen LogP contribution in [0.25, 0.3) is 16.8 Å². The lowest BCUT2D eigenvalue weighted by atomic mass is 10.0. The number of alkyl halides is 7. The summed E-state index contributed by atoms with van der Waals surface area (Å²) in [7, 11) is 0. The van der Waals surface area contributed by atoms with Gasteiger partial charge in [-0.1, -0.05) is 12.1 Å². The molecule has 4 N–H and O–H groups in total. The molecule has 1 fully saturated rings. The van der Waals surface area contributed by atoms with E-state index in [0.29, 0.717) is 10.5 Å². The molecule has 0 spiro atoms. The van der Waals surface area contributed by atoms with Gasteiger partial charge in [-0.05, 0) is 31.5 Å². The quantitative estimate of drug-likeness (QED) is 0.420. The van der Waals surface area contributed by atoms with Gasteiger partial charge in [0, 0.05) is 17.7 Å². The summed E-state index contributed by atoms with van der Waals surface area (Å²) in [6, 6.07) is 3.48. The van der Waals surface area contributed by atoms with Crippen molar-refractivity contribution >= 4 is 23.1 Å². The highest BCUT2D eigenvalue weighted by atomic mass is 19.4. The minimum Gasteiger partial charge on any atom is -0.382 e. The first-order valence-electron chi connectivity index (χ1n) is 11.3. The van der Waals surface area contributed by atoms with Gasteiger partial charge in [0.2, 0.25) is 5.60 Å². The fourth-order valence-corrected chi connectivity index (χ4v) is 4.26. The third-order valence-electron chi connectivity index (χ3n) is 6.49. The topological polar surface area (TPSA) is 126 Å². The van der Waals surface area contributed by atoms with Crippen molar-refractivity contribution < 1.29 is 45.4 Å². The number of carbonyl (C=O) groups excluding carboxylic acids is 2. The largest absolute Gasteiger partial charge is 0.426 e. The summed E-state index contributed by atoms with van der Waals surface area (Å²) >= 11 is 0. The molecule has 4 rings (SSSR count). The van der Waals surface area contributed by atoms with Crippen LogP contribution in [-0.4, -0.2) is 73.5 Å². The van der Waals surface area contributed by atoms with E-state index in [-0.39, 0.29) is 23.7 Å². The normalized spacial score (nSPS) is 19.8. The molecule has 9 nitrogen and oxygen atoms in total. The number of hydrogen-bond donors (Lipinski definition) is 3. The van der Waals surface area contributed by atoms with E-state index in [1.165, 1.54) is 25.1 Å². The molecular weight excluding hydrogens is 541 g/mol. The Morgan fingerprint density at radius 2 is 1.79 bits per heavy atom. The van der Waals surface area contributed by atoms with Gasteiger partial charge in [0.1, 0.15) is 18.0 Å². The third-order valence-corrected chi connectivity index (χ3v) is 6.49. The molecule has 1 aliphatic heterocycles. The Labute approximate surface area is 215 Å². The summed E-state index contributed by atoms with van der Waals surface area (Å²) in [6.07, 6.45) is -11.1. The second kappa shape index (κ2) is 9.36. The number of aliphatic hydroxyl groups is 1. The Bertz CT molecular complexity index is 1450. The number of nitrogens with two attached hydrogens (primary N) is 1. The summed E-state index contributed by atoms with van der Waals surface area (Å²) in [5.74, 6) is -3.08. The molecule has 1 aromatic carbocycles. The fraction of sp³-hybridized carbons (Fsp3) is 0.391. The Kier molecular flexibility index (Phi) is 6.73. The highest BCUT2D eigenvalue weighted by molar-refractivity contribution is 5.97. The van der Waals surface area contributed by atoms with Gasteiger partial charge in [-0.25, -0.2) is 13.9 Å². The van der Waals surface area contributed by atoms with E-state index in [9.17, 15) is 45.4 Å². The number of benzene rings is 1. The predicted molar refractivity (Wildman–Crippen MR) is 122 cm³/mol. The van der Waals surface area contributed by atoms with E-state index in [0.717, 1.165) is 16.9 Å². The number of fused-ring (bicyclic) bond motifs is 1. The monoisotopic (exact) mass is 562 g/mol. The third kappa shape index (κ3) is 4.95. The summed E-state index contributed by atoms with van der Waals surface area (Å²) in [6.45, 7) is 0.309. The molecule has 1 aliphatic rings. The first-order valence-corrected chi connectivity index (χ1v) is 11.3.